The Labute approximate surface area is 87.6 Å². The predicted molar refractivity (Wildman–Crippen MR) is 53.7 cm³/mol. The Morgan fingerprint density at radius 3 is 3.08 bits per heavy atom. The lowest BCUT2D eigenvalue weighted by atomic mass is 10.3. The summed E-state index contributed by atoms with van der Waals surface area (Å²) < 4.78 is 1.40. The van der Waals surface area contributed by atoms with Crippen LogP contribution in [0.25, 0.3) is 6.20 Å². The lowest BCUT2D eigenvalue weighted by molar-refractivity contribution is 0.378. The van der Waals surface area contributed by atoms with Crippen LogP contribution in [0.3, 0.4) is 0 Å². The lowest BCUT2D eigenvalue weighted by Crippen LogP contribution is -2.52. The summed E-state index contributed by atoms with van der Waals surface area (Å²) in [7, 11) is 0. The number of hydrogen-bond donors (Lipinski definition) is 1. The average molecular weight is 262 g/mol. The summed E-state index contributed by atoms with van der Waals surface area (Å²) in [4.78, 5) is 0.635. The molecule has 0 atom stereocenters. The summed E-state index contributed by atoms with van der Waals surface area (Å²) in [5.41, 5.74) is 2.48. The summed E-state index contributed by atoms with van der Waals surface area (Å²) in [6.07, 6.45) is 1.74. The van der Waals surface area contributed by atoms with Gasteiger partial charge in [-0.15, -0.1) is 0 Å². The predicted octanol–water partition coefficient (Wildman–Crippen LogP) is 0.112. The molecule has 1 N–H and O–H groups in total. The monoisotopic (exact) mass is 261 g/mol. The standard InChI is InChI=1S/C7H5BrClN3O/c8-11-4-5-1-2-6(9)3-7(5)12(13)10-11/h1-4,10H. The van der Waals surface area contributed by atoms with E-state index in [9.17, 15) is 5.21 Å². The van der Waals surface area contributed by atoms with E-state index < -0.39 is 0 Å². The quantitative estimate of drug-likeness (QED) is 0.410. The minimum Gasteiger partial charge on any atom is -0.594 e. The maximum Gasteiger partial charge on any atom is 0.254 e. The van der Waals surface area contributed by atoms with E-state index in [1.807, 2.05) is 0 Å². The van der Waals surface area contributed by atoms with Gasteiger partial charge in [-0.2, -0.15) is 4.03 Å². The van der Waals surface area contributed by atoms with Gasteiger partial charge in [-0.3, -0.25) is 0 Å². The van der Waals surface area contributed by atoms with Crippen LogP contribution in [0, 0.1) is 5.21 Å². The molecule has 0 spiro atoms. The van der Waals surface area contributed by atoms with E-state index in [4.69, 9.17) is 11.6 Å². The van der Waals surface area contributed by atoms with Crippen LogP contribution in [0.15, 0.2) is 18.2 Å². The molecule has 0 bridgehead atoms. The SMILES string of the molecule is [O-][N+]1=c2cc(Cl)ccc2=CN(Br)N1. The van der Waals surface area contributed by atoms with Gasteiger partial charge in [0.15, 0.2) is 0 Å². The van der Waals surface area contributed by atoms with E-state index in [1.54, 1.807) is 24.4 Å². The molecule has 1 aromatic rings. The van der Waals surface area contributed by atoms with Crippen LogP contribution in [0.2, 0.25) is 5.02 Å². The zero-order chi connectivity index (χ0) is 9.42. The van der Waals surface area contributed by atoms with E-state index in [2.05, 4.69) is 21.7 Å². The van der Waals surface area contributed by atoms with Gasteiger partial charge in [0.1, 0.15) is 0 Å². The molecule has 13 heavy (non-hydrogen) atoms. The molecule has 0 fully saturated rings. The fraction of sp³-hybridized carbons (Fsp3) is 0. The van der Waals surface area contributed by atoms with Crippen LogP contribution < -0.4 is 21.0 Å². The van der Waals surface area contributed by atoms with Crippen LogP contribution >= 0.6 is 27.7 Å². The van der Waals surface area contributed by atoms with E-state index in [0.717, 1.165) is 5.22 Å². The molecule has 0 amide bonds. The molecule has 0 aromatic heterocycles. The highest BCUT2D eigenvalue weighted by molar-refractivity contribution is 9.07. The molecular weight excluding hydrogens is 257 g/mol. The Kier molecular flexibility index (Phi) is 2.05. The van der Waals surface area contributed by atoms with Crippen LogP contribution in [-0.2, 0) is 0 Å². The van der Waals surface area contributed by atoms with Gasteiger partial charge in [0.25, 0.3) is 5.36 Å². The second-order valence-corrected chi connectivity index (χ2v) is 3.74. The number of benzene rings is 1. The first-order valence-electron chi connectivity index (χ1n) is 3.50. The van der Waals surface area contributed by atoms with Crippen molar-refractivity contribution in [1.29, 1.82) is 0 Å². The molecule has 68 valence electrons. The fourth-order valence-electron chi connectivity index (χ4n) is 1.09. The molecule has 1 heterocycles. The van der Waals surface area contributed by atoms with Gasteiger partial charge in [-0.1, -0.05) is 22.0 Å². The number of rotatable bonds is 0. The first kappa shape index (κ1) is 8.65. The molecule has 0 aliphatic carbocycles. The summed E-state index contributed by atoms with van der Waals surface area (Å²) in [5.74, 6) is 0. The third-order valence-electron chi connectivity index (χ3n) is 1.65. The molecule has 0 radical (unpaired) electrons. The molecule has 1 aliphatic heterocycles. The Balaban J connectivity index is 2.80. The van der Waals surface area contributed by atoms with Gasteiger partial charge in [0.2, 0.25) is 0 Å². The number of nitrogens with zero attached hydrogens (tertiary/aromatic N) is 2. The molecule has 0 saturated carbocycles. The van der Waals surface area contributed by atoms with E-state index in [-0.39, 0.29) is 0 Å². The van der Waals surface area contributed by atoms with Gasteiger partial charge in [0, 0.05) is 11.1 Å². The number of nitrogens with one attached hydrogen (secondary N) is 1. The Bertz CT molecular complexity index is 461. The number of fused-ring (bicyclic) bond motifs is 1. The third-order valence-corrected chi connectivity index (χ3v) is 2.25. The van der Waals surface area contributed by atoms with Gasteiger partial charge in [-0.25, -0.2) is 0 Å². The van der Waals surface area contributed by atoms with Crippen LogP contribution in [-0.4, -0.2) is 4.03 Å². The highest BCUT2D eigenvalue weighted by atomic mass is 79.9. The molecule has 0 saturated heterocycles. The third kappa shape index (κ3) is 1.57. The minimum atomic E-state index is 0.503. The molecular formula is C7H5BrClN3O. The average Bonchev–Trinajstić information content (AvgIpc) is 2.06. The fourth-order valence-corrected chi connectivity index (χ4v) is 1.62. The van der Waals surface area contributed by atoms with Crippen LogP contribution in [0.1, 0.15) is 0 Å². The Morgan fingerprint density at radius 1 is 1.54 bits per heavy atom. The summed E-state index contributed by atoms with van der Waals surface area (Å²) in [6, 6.07) is 5.11. The first-order valence-corrected chi connectivity index (χ1v) is 4.58. The second-order valence-electron chi connectivity index (χ2n) is 2.54. The van der Waals surface area contributed by atoms with Crippen molar-refractivity contribution in [2.45, 2.75) is 0 Å². The van der Waals surface area contributed by atoms with Crippen molar-refractivity contribution in [3.8, 4) is 0 Å². The lowest BCUT2D eigenvalue weighted by Gasteiger charge is -2.15. The molecule has 1 aliphatic rings. The first-order chi connectivity index (χ1) is 6.16. The Morgan fingerprint density at radius 2 is 2.31 bits per heavy atom. The number of hydrogen-bond acceptors (Lipinski definition) is 3. The van der Waals surface area contributed by atoms with E-state index in [1.165, 1.54) is 4.03 Å². The van der Waals surface area contributed by atoms with E-state index >= 15 is 0 Å². The molecule has 2 rings (SSSR count). The number of hydrazine groups is 2. The van der Waals surface area contributed by atoms with Crippen molar-refractivity contribution in [3.05, 3.63) is 39.0 Å². The molecule has 4 nitrogen and oxygen atoms in total. The summed E-state index contributed by atoms with van der Waals surface area (Å²) >= 11 is 8.85. The Hall–Kier alpha value is -0.940. The minimum absolute atomic E-state index is 0.503. The topological polar surface area (TPSA) is 41.3 Å². The molecule has 1 aromatic carbocycles. The van der Waals surface area contributed by atoms with Crippen molar-refractivity contribution in [2.24, 2.45) is 0 Å². The van der Waals surface area contributed by atoms with Gasteiger partial charge in [-0.05, 0) is 12.1 Å². The molecule has 0 unspecified atom stereocenters. The van der Waals surface area contributed by atoms with Crippen molar-refractivity contribution in [2.75, 3.05) is 0 Å². The van der Waals surface area contributed by atoms with E-state index in [0.29, 0.717) is 15.2 Å². The highest BCUT2D eigenvalue weighted by Crippen LogP contribution is 2.01. The van der Waals surface area contributed by atoms with Crippen molar-refractivity contribution >= 4 is 33.9 Å². The highest BCUT2D eigenvalue weighted by Gasteiger charge is 2.08. The second kappa shape index (κ2) is 3.08. The maximum absolute atomic E-state index is 11.3. The normalized spacial score (nSPS) is 14.6. The number of halogens is 2. The largest absolute Gasteiger partial charge is 0.594 e. The molecule has 6 heteroatoms. The van der Waals surface area contributed by atoms with Crippen molar-refractivity contribution in [1.82, 2.24) is 14.4 Å². The van der Waals surface area contributed by atoms with Gasteiger partial charge in [0.05, 0.1) is 27.6 Å². The zero-order valence-electron chi connectivity index (χ0n) is 6.37. The zero-order valence-corrected chi connectivity index (χ0v) is 8.71. The maximum atomic E-state index is 11.3. The van der Waals surface area contributed by atoms with Crippen molar-refractivity contribution in [3.63, 3.8) is 0 Å². The van der Waals surface area contributed by atoms with Crippen LogP contribution in [0.5, 0.6) is 0 Å². The van der Waals surface area contributed by atoms with Crippen LogP contribution in [0.4, 0.5) is 0 Å². The van der Waals surface area contributed by atoms with Gasteiger partial charge >= 0.3 is 0 Å². The van der Waals surface area contributed by atoms with Gasteiger partial charge < -0.3 is 5.21 Å². The summed E-state index contributed by atoms with van der Waals surface area (Å²) in [5, 5.41) is 13.1. The smallest absolute Gasteiger partial charge is 0.254 e. The summed E-state index contributed by atoms with van der Waals surface area (Å²) in [6.45, 7) is 0. The van der Waals surface area contributed by atoms with Crippen molar-refractivity contribution < 1.29 is 0 Å².